The summed E-state index contributed by atoms with van der Waals surface area (Å²) in [5.41, 5.74) is 10.9. The maximum absolute atomic E-state index is 14.8. The Morgan fingerprint density at radius 3 is 2.03 bits per heavy atom. The molecule has 3 atom stereocenters. The molecule has 0 unspecified atom stereocenters. The number of piperidine rings is 1. The molecule has 0 aliphatic carbocycles. The van der Waals surface area contributed by atoms with Crippen LogP contribution in [0.15, 0.2) is 103 Å². The first-order valence-corrected chi connectivity index (χ1v) is 23.1. The number of esters is 1. The Labute approximate surface area is 394 Å². The number of benzene rings is 4. The predicted molar refractivity (Wildman–Crippen MR) is 257 cm³/mol. The lowest BCUT2D eigenvalue weighted by Crippen LogP contribution is -2.58. The van der Waals surface area contributed by atoms with Crippen molar-refractivity contribution in [1.82, 2.24) is 31.5 Å². The molecule has 0 saturated carbocycles. The molecule has 0 spiro atoms. The van der Waals surface area contributed by atoms with Gasteiger partial charge in [0.1, 0.15) is 6.04 Å². The first-order chi connectivity index (χ1) is 32.4. The highest BCUT2D eigenvalue weighted by Crippen LogP contribution is 2.35. The van der Waals surface area contributed by atoms with Gasteiger partial charge in [0.15, 0.2) is 0 Å². The quantitative estimate of drug-likeness (QED) is 0.0422. The third-order valence-corrected chi connectivity index (χ3v) is 12.1. The van der Waals surface area contributed by atoms with Gasteiger partial charge in [-0.25, -0.2) is 0 Å². The Balaban J connectivity index is 1.32. The Kier molecular flexibility index (Phi) is 20.5. The molecule has 15 heteroatoms. The van der Waals surface area contributed by atoms with Crippen LogP contribution in [0, 0.1) is 5.41 Å². The number of rotatable bonds is 25. The van der Waals surface area contributed by atoms with Gasteiger partial charge < -0.3 is 46.7 Å². The Morgan fingerprint density at radius 1 is 0.716 bits per heavy atom. The second-order valence-corrected chi connectivity index (χ2v) is 17.1. The van der Waals surface area contributed by atoms with Gasteiger partial charge in [0.25, 0.3) is 0 Å². The number of nitrogens with zero attached hydrogens (tertiary/aromatic N) is 1. The van der Waals surface area contributed by atoms with Crippen LogP contribution >= 0.6 is 0 Å². The smallest absolute Gasteiger partial charge is 0.309 e. The summed E-state index contributed by atoms with van der Waals surface area (Å²) in [5, 5.41) is 15.3. The molecule has 5 amide bonds. The van der Waals surface area contributed by atoms with Crippen LogP contribution in [0.25, 0.3) is 11.1 Å². The highest BCUT2D eigenvalue weighted by atomic mass is 16.5. The van der Waals surface area contributed by atoms with E-state index in [9.17, 15) is 28.8 Å². The van der Waals surface area contributed by atoms with Gasteiger partial charge in [0, 0.05) is 59.5 Å². The third-order valence-electron chi connectivity index (χ3n) is 12.1. The summed E-state index contributed by atoms with van der Waals surface area (Å²) in [6.07, 6.45) is 2.94. The third kappa shape index (κ3) is 16.5. The number of nitrogens with one attached hydrogen (secondary N) is 5. The van der Waals surface area contributed by atoms with Crippen molar-refractivity contribution in [2.24, 2.45) is 11.1 Å². The van der Waals surface area contributed by atoms with Gasteiger partial charge >= 0.3 is 5.97 Å². The van der Waals surface area contributed by atoms with Crippen LogP contribution in [0.5, 0.6) is 0 Å². The molecule has 0 aromatic heterocycles. The van der Waals surface area contributed by atoms with E-state index in [1.54, 1.807) is 4.90 Å². The largest absolute Gasteiger partial charge is 0.469 e. The van der Waals surface area contributed by atoms with E-state index >= 15 is 0 Å². The molecule has 1 saturated heterocycles. The molecule has 15 nitrogen and oxygen atoms in total. The minimum atomic E-state index is -0.956. The van der Waals surface area contributed by atoms with E-state index < -0.39 is 17.5 Å². The van der Waals surface area contributed by atoms with Crippen molar-refractivity contribution in [3.8, 4) is 11.1 Å². The monoisotopic (exact) mass is 918 g/mol. The summed E-state index contributed by atoms with van der Waals surface area (Å²) >= 11 is 0. The summed E-state index contributed by atoms with van der Waals surface area (Å²) in [7, 11) is 1.37. The Morgan fingerprint density at radius 2 is 1.37 bits per heavy atom. The van der Waals surface area contributed by atoms with Crippen LogP contribution in [0.2, 0.25) is 0 Å². The number of carbonyl (C=O) groups is 6. The number of ether oxygens (including phenoxy) is 2. The van der Waals surface area contributed by atoms with Gasteiger partial charge in [-0.15, -0.1) is 0 Å². The maximum atomic E-state index is 14.8. The molecular formula is C52H67N7O8. The van der Waals surface area contributed by atoms with Crippen molar-refractivity contribution in [3.63, 3.8) is 0 Å². The second kappa shape index (κ2) is 26.7. The minimum absolute atomic E-state index is 0.0979. The number of carbonyl (C=O) groups excluding carboxylic acids is 6. The number of hydrogen-bond acceptors (Lipinski definition) is 10. The van der Waals surface area contributed by atoms with Gasteiger partial charge in [0.2, 0.25) is 29.5 Å². The zero-order valence-electron chi connectivity index (χ0n) is 39.1. The lowest BCUT2D eigenvalue weighted by molar-refractivity contribution is -0.142. The summed E-state index contributed by atoms with van der Waals surface area (Å²) in [4.78, 5) is 80.1. The Hall–Kier alpha value is -6.42. The number of amides is 5. The predicted octanol–water partition coefficient (Wildman–Crippen LogP) is 3.40. The number of hydrogen-bond donors (Lipinski definition) is 6. The molecule has 0 bridgehead atoms. The van der Waals surface area contributed by atoms with Crippen LogP contribution in [0.1, 0.15) is 60.9 Å². The summed E-state index contributed by atoms with van der Waals surface area (Å²) in [6.45, 7) is 6.17. The van der Waals surface area contributed by atoms with E-state index in [4.69, 9.17) is 15.2 Å². The molecule has 358 valence electrons. The molecule has 4 aromatic carbocycles. The zero-order chi connectivity index (χ0) is 48.0. The van der Waals surface area contributed by atoms with Gasteiger partial charge in [-0.3, -0.25) is 28.8 Å². The van der Waals surface area contributed by atoms with Crippen molar-refractivity contribution in [2.75, 3.05) is 59.6 Å². The van der Waals surface area contributed by atoms with Gasteiger partial charge in [-0.2, -0.15) is 0 Å². The highest BCUT2D eigenvalue weighted by Gasteiger charge is 2.44. The van der Waals surface area contributed by atoms with Crippen molar-refractivity contribution < 1.29 is 38.2 Å². The lowest BCUT2D eigenvalue weighted by atomic mass is 9.74. The molecule has 7 N–H and O–H groups in total. The average Bonchev–Trinajstić information content (AvgIpc) is 3.33. The summed E-state index contributed by atoms with van der Waals surface area (Å²) < 4.78 is 10.2. The number of likely N-dealkylation sites (tertiary alicyclic amines) is 1. The van der Waals surface area contributed by atoms with Crippen LogP contribution in [0.3, 0.4) is 0 Å². The molecule has 4 aromatic rings. The molecule has 1 heterocycles. The van der Waals surface area contributed by atoms with Crippen LogP contribution in [0.4, 0.5) is 0 Å². The van der Waals surface area contributed by atoms with E-state index in [0.29, 0.717) is 78.0 Å². The first kappa shape index (κ1) is 51.6. The van der Waals surface area contributed by atoms with Crippen LogP contribution in [-0.4, -0.2) is 112 Å². The van der Waals surface area contributed by atoms with E-state index in [1.807, 2.05) is 103 Å². The summed E-state index contributed by atoms with van der Waals surface area (Å²) in [6, 6.07) is 31.5. The molecule has 1 fully saturated rings. The zero-order valence-corrected chi connectivity index (χ0v) is 39.1. The number of nitrogens with two attached hydrogens (primary N) is 1. The van der Waals surface area contributed by atoms with E-state index in [1.165, 1.54) is 21.0 Å². The molecular weight excluding hydrogens is 851 g/mol. The van der Waals surface area contributed by atoms with Crippen molar-refractivity contribution in [3.05, 3.63) is 131 Å². The fourth-order valence-electron chi connectivity index (χ4n) is 8.37. The summed E-state index contributed by atoms with van der Waals surface area (Å²) in [5.74, 6) is -1.43. The van der Waals surface area contributed by atoms with E-state index in [2.05, 4.69) is 26.6 Å². The number of methoxy groups -OCH3 is 1. The molecule has 67 heavy (non-hydrogen) atoms. The van der Waals surface area contributed by atoms with Gasteiger partial charge in [-0.05, 0) is 77.6 Å². The maximum Gasteiger partial charge on any atom is 0.309 e. The standard InChI is InChI=1S/C52H67N7O8/c1-37(60)54-27-23-46(49(63)56-28-31-67-30-25-53)55-26-22-42-12-7-8-13-45(42)35-57-50(64)47(32-39-14-18-43(19-15-39)44-20-16-40(17-21-44)33-48(62)66-3)58-51(65)52(34-41-10-5-4-6-11-41)24-9-29-59(36-52)38(2)61/h4-8,10-21,46-47,55H,9,22-36,53H2,1-3H3,(H,54,60)(H,56,63)(H,57,64)(H,58,65)/t46-,47-,52-/m0/s1. The van der Waals surface area contributed by atoms with Crippen LogP contribution in [-0.2, 0) is 70.5 Å². The lowest BCUT2D eigenvalue weighted by Gasteiger charge is -2.42. The topological polar surface area (TPSA) is 210 Å². The van der Waals surface area contributed by atoms with Crippen molar-refractivity contribution in [1.29, 1.82) is 0 Å². The fraction of sp³-hybridized carbons (Fsp3) is 0.423. The average molecular weight is 918 g/mol. The van der Waals surface area contributed by atoms with Gasteiger partial charge in [-0.1, -0.05) is 103 Å². The van der Waals surface area contributed by atoms with Crippen molar-refractivity contribution >= 4 is 35.5 Å². The second-order valence-electron chi connectivity index (χ2n) is 17.1. The minimum Gasteiger partial charge on any atom is -0.469 e. The SMILES string of the molecule is COC(=O)Cc1ccc(-c2ccc(C[C@H](NC(=O)[C@]3(Cc4ccccc4)CCCN(C(C)=O)C3)C(=O)NCc3ccccc3CCN[C@@H](CCNC(C)=O)C(=O)NCCOCCN)cc2)cc1. The molecule has 0 radical (unpaired) electrons. The van der Waals surface area contributed by atoms with E-state index in [-0.39, 0.29) is 61.4 Å². The molecule has 5 rings (SSSR count). The normalized spacial score (nSPS) is 15.4. The van der Waals surface area contributed by atoms with E-state index in [0.717, 1.165) is 38.9 Å². The van der Waals surface area contributed by atoms with Crippen LogP contribution < -0.4 is 32.3 Å². The fourth-order valence-corrected chi connectivity index (χ4v) is 8.37. The molecule has 1 aliphatic rings. The van der Waals surface area contributed by atoms with Crippen molar-refractivity contribution in [2.45, 2.75) is 77.4 Å². The van der Waals surface area contributed by atoms with Gasteiger partial charge in [0.05, 0.1) is 38.2 Å². The Bertz CT molecular complexity index is 2240. The molecule has 1 aliphatic heterocycles. The highest BCUT2D eigenvalue weighted by molar-refractivity contribution is 5.91. The first-order valence-electron chi connectivity index (χ1n) is 23.1.